The van der Waals surface area contributed by atoms with Gasteiger partial charge in [-0.3, -0.25) is 4.79 Å². The number of nitrogens with one attached hydrogen (secondary N) is 1. The van der Waals surface area contributed by atoms with Gasteiger partial charge in [0.1, 0.15) is 5.82 Å². The monoisotopic (exact) mass is 245 g/mol. The van der Waals surface area contributed by atoms with Crippen LogP contribution in [-0.2, 0) is 4.74 Å². The van der Waals surface area contributed by atoms with E-state index in [1.54, 1.807) is 0 Å². The minimum atomic E-state index is -0.868. The molecule has 1 N–H and O–H groups in total. The number of benzene rings is 1. The van der Waals surface area contributed by atoms with Crippen LogP contribution in [0.3, 0.4) is 0 Å². The molecule has 0 saturated carbocycles. The molecule has 0 unspecified atom stereocenters. The van der Waals surface area contributed by atoms with E-state index in [0.717, 1.165) is 6.07 Å². The molecule has 1 aromatic carbocycles. The van der Waals surface area contributed by atoms with E-state index in [1.807, 2.05) is 0 Å². The van der Waals surface area contributed by atoms with Crippen LogP contribution in [-0.4, -0.2) is 26.0 Å². The highest BCUT2D eigenvalue weighted by Gasteiger charge is 2.18. The Morgan fingerprint density at radius 2 is 2.06 bits per heavy atom. The maximum absolute atomic E-state index is 13.5. The smallest absolute Gasteiger partial charge is 0.338 e. The zero-order chi connectivity index (χ0) is 12.3. The van der Waals surface area contributed by atoms with Gasteiger partial charge in [0.2, 0.25) is 0 Å². The molecule has 1 aromatic rings. The number of halogens is 2. The summed E-state index contributed by atoms with van der Waals surface area (Å²) in [6, 6.07) is 2.09. The number of ether oxygens (including phenoxy) is 1. The Hall–Kier alpha value is -1.62. The first-order valence-electron chi connectivity index (χ1n) is 4.30. The van der Waals surface area contributed by atoms with E-state index >= 15 is 0 Å². The van der Waals surface area contributed by atoms with Crippen LogP contribution >= 0.6 is 11.6 Å². The third-order valence-corrected chi connectivity index (χ3v) is 2.22. The maximum Gasteiger partial charge on any atom is 0.338 e. The summed E-state index contributed by atoms with van der Waals surface area (Å²) < 4.78 is 17.9. The van der Waals surface area contributed by atoms with Gasteiger partial charge in [-0.05, 0) is 12.1 Å². The maximum atomic E-state index is 13.5. The number of carbonyl (C=O) groups is 2. The number of esters is 1. The van der Waals surface area contributed by atoms with Crippen LogP contribution in [0.5, 0.6) is 0 Å². The molecule has 1 rings (SSSR count). The molecule has 0 bridgehead atoms. The Kier molecular flexibility index (Phi) is 3.84. The van der Waals surface area contributed by atoms with Gasteiger partial charge in [-0.1, -0.05) is 11.6 Å². The fraction of sp³-hybridized carbons (Fsp3) is 0.200. The van der Waals surface area contributed by atoms with Gasteiger partial charge in [0, 0.05) is 7.05 Å². The third kappa shape index (κ3) is 2.30. The predicted molar refractivity (Wildman–Crippen MR) is 56.1 cm³/mol. The summed E-state index contributed by atoms with van der Waals surface area (Å²) in [5, 5.41) is 2.11. The molecule has 0 aliphatic carbocycles. The first kappa shape index (κ1) is 12.4. The lowest BCUT2D eigenvalue weighted by atomic mass is 10.1. The molecule has 6 heteroatoms. The molecular formula is C10H9ClFNO3. The Morgan fingerprint density at radius 1 is 1.44 bits per heavy atom. The van der Waals surface area contributed by atoms with E-state index in [9.17, 15) is 14.0 Å². The molecule has 0 spiro atoms. The van der Waals surface area contributed by atoms with Crippen molar-refractivity contribution in [1.29, 1.82) is 0 Å². The van der Waals surface area contributed by atoms with E-state index in [4.69, 9.17) is 11.6 Å². The van der Waals surface area contributed by atoms with Crippen molar-refractivity contribution in [2.24, 2.45) is 0 Å². The molecule has 0 aliphatic rings. The van der Waals surface area contributed by atoms with Gasteiger partial charge in [0.15, 0.2) is 0 Å². The molecule has 0 heterocycles. The molecule has 86 valence electrons. The minimum Gasteiger partial charge on any atom is -0.465 e. The van der Waals surface area contributed by atoms with Gasteiger partial charge in [-0.15, -0.1) is 0 Å². The summed E-state index contributed by atoms with van der Waals surface area (Å²) in [5.41, 5.74) is -0.338. The molecule has 0 saturated heterocycles. The first-order chi connectivity index (χ1) is 7.51. The highest BCUT2D eigenvalue weighted by molar-refractivity contribution is 6.34. The second-order valence-corrected chi connectivity index (χ2v) is 3.29. The van der Waals surface area contributed by atoms with E-state index < -0.39 is 17.7 Å². The number of rotatable bonds is 2. The van der Waals surface area contributed by atoms with Gasteiger partial charge in [0.25, 0.3) is 5.91 Å². The zero-order valence-corrected chi connectivity index (χ0v) is 9.39. The zero-order valence-electron chi connectivity index (χ0n) is 8.64. The van der Waals surface area contributed by atoms with Crippen molar-refractivity contribution in [2.45, 2.75) is 0 Å². The molecule has 0 atom stereocenters. The Bertz CT molecular complexity index is 425. The van der Waals surface area contributed by atoms with Crippen molar-refractivity contribution in [3.05, 3.63) is 34.1 Å². The van der Waals surface area contributed by atoms with Crippen molar-refractivity contribution in [1.82, 2.24) is 5.32 Å². The van der Waals surface area contributed by atoms with E-state index in [-0.39, 0.29) is 16.1 Å². The van der Waals surface area contributed by atoms with Crippen molar-refractivity contribution in [3.63, 3.8) is 0 Å². The quantitative estimate of drug-likeness (QED) is 0.806. The van der Waals surface area contributed by atoms with Gasteiger partial charge in [-0.2, -0.15) is 0 Å². The predicted octanol–water partition coefficient (Wildman–Crippen LogP) is 1.63. The normalized spacial score (nSPS) is 9.75. The van der Waals surface area contributed by atoms with Crippen LogP contribution < -0.4 is 5.32 Å². The van der Waals surface area contributed by atoms with Gasteiger partial charge < -0.3 is 10.1 Å². The van der Waals surface area contributed by atoms with Gasteiger partial charge >= 0.3 is 5.97 Å². The highest BCUT2D eigenvalue weighted by atomic mass is 35.5. The van der Waals surface area contributed by atoms with E-state index in [1.165, 1.54) is 20.2 Å². The molecule has 0 aromatic heterocycles. The number of amides is 1. The molecule has 0 fully saturated rings. The van der Waals surface area contributed by atoms with Gasteiger partial charge in [0.05, 0.1) is 23.3 Å². The lowest BCUT2D eigenvalue weighted by molar-refractivity contribution is 0.0599. The van der Waals surface area contributed by atoms with Crippen molar-refractivity contribution < 1.29 is 18.7 Å². The Morgan fingerprint density at radius 3 is 2.50 bits per heavy atom. The average Bonchev–Trinajstić information content (AvgIpc) is 2.26. The molecule has 4 nitrogen and oxygen atoms in total. The number of hydrogen-bond donors (Lipinski definition) is 1. The lowest BCUT2D eigenvalue weighted by Gasteiger charge is -2.06. The number of hydrogen-bond acceptors (Lipinski definition) is 3. The van der Waals surface area contributed by atoms with Crippen LogP contribution in [0.2, 0.25) is 5.02 Å². The average molecular weight is 246 g/mol. The molecule has 0 aliphatic heterocycles. The van der Waals surface area contributed by atoms with Crippen molar-refractivity contribution in [2.75, 3.05) is 14.2 Å². The second kappa shape index (κ2) is 4.94. The van der Waals surface area contributed by atoms with Crippen LogP contribution in [0.1, 0.15) is 20.7 Å². The molecule has 0 radical (unpaired) electrons. The largest absolute Gasteiger partial charge is 0.465 e. The lowest BCUT2D eigenvalue weighted by Crippen LogP contribution is -2.20. The Labute approximate surface area is 96.3 Å². The fourth-order valence-corrected chi connectivity index (χ4v) is 1.44. The number of carbonyl (C=O) groups excluding carboxylic acids is 2. The summed E-state index contributed by atoms with van der Waals surface area (Å²) >= 11 is 5.70. The van der Waals surface area contributed by atoms with Crippen molar-refractivity contribution in [3.8, 4) is 0 Å². The van der Waals surface area contributed by atoms with Gasteiger partial charge in [-0.25, -0.2) is 9.18 Å². The van der Waals surface area contributed by atoms with E-state index in [0.29, 0.717) is 0 Å². The second-order valence-electron chi connectivity index (χ2n) is 2.89. The van der Waals surface area contributed by atoms with Crippen LogP contribution in [0.25, 0.3) is 0 Å². The van der Waals surface area contributed by atoms with Crippen LogP contribution in [0, 0.1) is 5.82 Å². The summed E-state index contributed by atoms with van der Waals surface area (Å²) in [7, 11) is 2.52. The third-order valence-electron chi connectivity index (χ3n) is 1.92. The van der Waals surface area contributed by atoms with Crippen LogP contribution in [0.4, 0.5) is 4.39 Å². The van der Waals surface area contributed by atoms with E-state index in [2.05, 4.69) is 10.1 Å². The number of methoxy groups -OCH3 is 1. The molecule has 1 amide bonds. The van der Waals surface area contributed by atoms with Crippen molar-refractivity contribution >= 4 is 23.5 Å². The summed E-state index contributed by atoms with van der Waals surface area (Å²) in [4.78, 5) is 22.4. The SMILES string of the molecule is CNC(=O)c1c(F)cc(C(=O)OC)cc1Cl. The fourth-order valence-electron chi connectivity index (χ4n) is 1.15. The first-order valence-corrected chi connectivity index (χ1v) is 4.68. The molecular weight excluding hydrogens is 237 g/mol. The molecule has 16 heavy (non-hydrogen) atoms. The highest BCUT2D eigenvalue weighted by Crippen LogP contribution is 2.22. The topological polar surface area (TPSA) is 55.4 Å². The van der Waals surface area contributed by atoms with Crippen LogP contribution in [0.15, 0.2) is 12.1 Å². The summed E-state index contributed by atoms with van der Waals surface area (Å²) in [6.45, 7) is 0. The summed E-state index contributed by atoms with van der Waals surface area (Å²) in [6.07, 6.45) is 0. The summed E-state index contributed by atoms with van der Waals surface area (Å²) in [5.74, 6) is -2.24. The standard InChI is InChI=1S/C10H9ClFNO3/c1-13-9(14)8-6(11)3-5(4-7(8)12)10(15)16-2/h3-4H,1-2H3,(H,13,14). The Balaban J connectivity index is 3.28. The minimum absolute atomic E-state index is 0.0438.